The van der Waals surface area contributed by atoms with Crippen LogP contribution in [0.3, 0.4) is 0 Å². The Hall–Kier alpha value is -2.78. The van der Waals surface area contributed by atoms with Crippen LogP contribution >= 0.6 is 0 Å². The van der Waals surface area contributed by atoms with Crippen molar-refractivity contribution in [3.05, 3.63) is 59.2 Å². The fourth-order valence-electron chi connectivity index (χ4n) is 2.97. The number of nitrogens with zero attached hydrogens (tertiary/aromatic N) is 1. The van der Waals surface area contributed by atoms with Crippen molar-refractivity contribution in [3.8, 4) is 11.5 Å². The molecule has 0 aromatic heterocycles. The Bertz CT molecular complexity index is 978. The molecule has 156 valence electrons. The number of carbonyl (C=O) groups excluding carboxylic acids is 1. The van der Waals surface area contributed by atoms with E-state index in [1.165, 1.54) is 7.05 Å². The Balaban J connectivity index is 1.55. The van der Waals surface area contributed by atoms with Crippen LogP contribution in [0.5, 0.6) is 11.5 Å². The van der Waals surface area contributed by atoms with Crippen LogP contribution in [0.15, 0.2) is 42.5 Å². The van der Waals surface area contributed by atoms with E-state index in [4.69, 9.17) is 9.47 Å². The highest BCUT2D eigenvalue weighted by Gasteiger charge is 2.14. The molecule has 9 heteroatoms. The molecule has 0 radical (unpaired) electrons. The summed E-state index contributed by atoms with van der Waals surface area (Å²) in [5.74, 6) is 1.30. The lowest BCUT2D eigenvalue weighted by atomic mass is 10.1. The van der Waals surface area contributed by atoms with Crippen molar-refractivity contribution < 1.29 is 22.7 Å². The maximum absolute atomic E-state index is 12.4. The topological polar surface area (TPSA) is 97.0 Å². The van der Waals surface area contributed by atoms with E-state index < -0.39 is 10.0 Å². The van der Waals surface area contributed by atoms with E-state index in [2.05, 4.69) is 10.0 Å². The highest BCUT2D eigenvalue weighted by Crippen LogP contribution is 2.31. The van der Waals surface area contributed by atoms with Gasteiger partial charge in [0.05, 0.1) is 5.75 Å². The molecule has 3 rings (SSSR count). The highest BCUT2D eigenvalue weighted by molar-refractivity contribution is 7.88. The average molecular weight is 420 g/mol. The van der Waals surface area contributed by atoms with E-state index in [-0.39, 0.29) is 11.8 Å². The summed E-state index contributed by atoms with van der Waals surface area (Å²) in [5, 5.41) is 2.85. The van der Waals surface area contributed by atoms with Gasteiger partial charge in [-0.1, -0.05) is 30.3 Å². The third-order valence-corrected chi connectivity index (χ3v) is 5.81. The molecule has 0 bridgehead atoms. The van der Waals surface area contributed by atoms with Crippen LogP contribution in [0, 0.1) is 0 Å². The Labute approximate surface area is 170 Å². The van der Waals surface area contributed by atoms with Crippen LogP contribution in [0.25, 0.3) is 0 Å². The molecular formula is C20H25N3O5S. The van der Waals surface area contributed by atoms with Crippen LogP contribution in [-0.4, -0.2) is 46.7 Å². The first-order valence-electron chi connectivity index (χ1n) is 9.23. The zero-order valence-electron chi connectivity index (χ0n) is 16.5. The number of benzene rings is 2. The van der Waals surface area contributed by atoms with Gasteiger partial charge in [-0.2, -0.15) is 0 Å². The van der Waals surface area contributed by atoms with Gasteiger partial charge in [-0.05, 0) is 35.9 Å². The van der Waals surface area contributed by atoms with Crippen LogP contribution < -0.4 is 19.5 Å². The summed E-state index contributed by atoms with van der Waals surface area (Å²) in [7, 11) is -0.244. The molecule has 2 aromatic carbocycles. The molecule has 29 heavy (non-hydrogen) atoms. The number of hydrogen-bond acceptors (Lipinski definition) is 5. The number of carbonyl (C=O) groups is 1. The van der Waals surface area contributed by atoms with E-state index in [1.54, 1.807) is 30.1 Å². The first-order chi connectivity index (χ1) is 13.9. The monoisotopic (exact) mass is 419 g/mol. The molecule has 0 saturated carbocycles. The maximum Gasteiger partial charge on any atom is 0.317 e. The van der Waals surface area contributed by atoms with Gasteiger partial charge in [-0.25, -0.2) is 17.9 Å². The number of nitrogens with one attached hydrogen (secondary N) is 2. The van der Waals surface area contributed by atoms with E-state index in [1.807, 2.05) is 24.3 Å². The van der Waals surface area contributed by atoms with Crippen LogP contribution in [0.2, 0.25) is 0 Å². The number of ether oxygens (including phenoxy) is 2. The Morgan fingerprint density at radius 3 is 2.52 bits per heavy atom. The van der Waals surface area contributed by atoms with Crippen molar-refractivity contribution in [1.29, 1.82) is 0 Å². The van der Waals surface area contributed by atoms with Crippen molar-refractivity contribution in [1.82, 2.24) is 14.9 Å². The summed E-state index contributed by atoms with van der Waals surface area (Å²) in [6.07, 6.45) is 0. The second-order valence-electron chi connectivity index (χ2n) is 6.78. The van der Waals surface area contributed by atoms with Gasteiger partial charge in [-0.15, -0.1) is 0 Å². The number of urea groups is 1. The third-order valence-electron chi connectivity index (χ3n) is 4.48. The maximum atomic E-state index is 12.4. The van der Waals surface area contributed by atoms with Gasteiger partial charge in [0.1, 0.15) is 13.2 Å². The van der Waals surface area contributed by atoms with Crippen molar-refractivity contribution in [3.63, 3.8) is 0 Å². The third kappa shape index (κ3) is 5.85. The van der Waals surface area contributed by atoms with Gasteiger partial charge >= 0.3 is 6.03 Å². The lowest BCUT2D eigenvalue weighted by Crippen LogP contribution is -2.36. The molecule has 2 aromatic rings. The average Bonchev–Trinajstić information content (AvgIpc) is 2.72. The molecule has 0 atom stereocenters. The number of hydrogen-bond donors (Lipinski definition) is 2. The molecule has 2 N–H and O–H groups in total. The number of fused-ring (bicyclic) bond motifs is 1. The predicted octanol–water partition coefficient (Wildman–Crippen LogP) is 1.85. The smallest absolute Gasteiger partial charge is 0.317 e. The predicted molar refractivity (Wildman–Crippen MR) is 109 cm³/mol. The second kappa shape index (κ2) is 9.15. The molecular weight excluding hydrogens is 394 g/mol. The fourth-order valence-corrected chi connectivity index (χ4v) is 3.73. The first-order valence-corrected chi connectivity index (χ1v) is 10.9. The van der Waals surface area contributed by atoms with Gasteiger partial charge in [0.2, 0.25) is 10.0 Å². The van der Waals surface area contributed by atoms with Crippen LogP contribution in [-0.2, 0) is 28.9 Å². The van der Waals surface area contributed by atoms with Crippen molar-refractivity contribution in [2.45, 2.75) is 18.8 Å². The zero-order valence-corrected chi connectivity index (χ0v) is 17.3. The van der Waals surface area contributed by atoms with Gasteiger partial charge in [0.25, 0.3) is 0 Å². The number of sulfonamides is 1. The summed E-state index contributed by atoms with van der Waals surface area (Å²) in [6.45, 7) is 1.78. The number of amides is 2. The van der Waals surface area contributed by atoms with Crippen molar-refractivity contribution >= 4 is 16.1 Å². The SMILES string of the molecule is CNS(=O)(=O)Cc1cccc(CNC(=O)N(C)Cc2ccc3c(c2)OCCO3)c1. The van der Waals surface area contributed by atoms with Gasteiger partial charge in [0.15, 0.2) is 11.5 Å². The van der Waals surface area contributed by atoms with E-state index in [0.29, 0.717) is 43.4 Å². The lowest BCUT2D eigenvalue weighted by molar-refractivity contribution is 0.171. The van der Waals surface area contributed by atoms with Crippen LogP contribution in [0.4, 0.5) is 4.79 Å². The van der Waals surface area contributed by atoms with Crippen LogP contribution in [0.1, 0.15) is 16.7 Å². The fraction of sp³-hybridized carbons (Fsp3) is 0.350. The first kappa shape index (κ1) is 20.9. The Morgan fingerprint density at radius 2 is 1.76 bits per heavy atom. The molecule has 1 aliphatic rings. The zero-order chi connectivity index (χ0) is 20.9. The summed E-state index contributed by atoms with van der Waals surface area (Å²) in [4.78, 5) is 14.0. The minimum Gasteiger partial charge on any atom is -0.486 e. The highest BCUT2D eigenvalue weighted by atomic mass is 32.2. The Morgan fingerprint density at radius 1 is 1.03 bits per heavy atom. The molecule has 0 unspecified atom stereocenters. The minimum absolute atomic E-state index is 0.102. The van der Waals surface area contributed by atoms with Gasteiger partial charge in [-0.3, -0.25) is 0 Å². The van der Waals surface area contributed by atoms with E-state index in [0.717, 1.165) is 11.1 Å². The largest absolute Gasteiger partial charge is 0.486 e. The molecule has 0 spiro atoms. The standard InChI is InChI=1S/C20H25N3O5S/c1-21-29(25,26)14-17-5-3-4-15(10-17)12-22-20(24)23(2)13-16-6-7-18-19(11-16)28-9-8-27-18/h3-7,10-11,21H,8-9,12-14H2,1-2H3,(H,22,24). The molecule has 0 fully saturated rings. The second-order valence-corrected chi connectivity index (χ2v) is 8.70. The molecule has 1 heterocycles. The van der Waals surface area contributed by atoms with Gasteiger partial charge < -0.3 is 19.7 Å². The van der Waals surface area contributed by atoms with Gasteiger partial charge in [0, 0.05) is 20.1 Å². The molecule has 1 aliphatic heterocycles. The Kier molecular flexibility index (Phi) is 6.60. The van der Waals surface area contributed by atoms with Crippen molar-refractivity contribution in [2.75, 3.05) is 27.3 Å². The summed E-state index contributed by atoms with van der Waals surface area (Å²) in [5.41, 5.74) is 2.43. The summed E-state index contributed by atoms with van der Waals surface area (Å²) in [6, 6.07) is 12.5. The normalized spacial score (nSPS) is 13.0. The van der Waals surface area contributed by atoms with E-state index in [9.17, 15) is 13.2 Å². The summed E-state index contributed by atoms with van der Waals surface area (Å²) >= 11 is 0. The minimum atomic E-state index is -3.34. The quantitative estimate of drug-likeness (QED) is 0.714. The molecule has 0 saturated heterocycles. The molecule has 8 nitrogen and oxygen atoms in total. The molecule has 0 aliphatic carbocycles. The lowest BCUT2D eigenvalue weighted by Gasteiger charge is -2.21. The van der Waals surface area contributed by atoms with Crippen molar-refractivity contribution in [2.24, 2.45) is 0 Å². The van der Waals surface area contributed by atoms with E-state index >= 15 is 0 Å². The molecule has 2 amide bonds. The summed E-state index contributed by atoms with van der Waals surface area (Å²) < 4.78 is 36.8. The number of rotatable bonds is 7.